The van der Waals surface area contributed by atoms with Gasteiger partial charge >= 0.3 is 0 Å². The van der Waals surface area contributed by atoms with Crippen LogP contribution < -0.4 is 4.72 Å². The van der Waals surface area contributed by atoms with E-state index >= 15 is 0 Å². The third-order valence-electron chi connectivity index (χ3n) is 3.08. The van der Waals surface area contributed by atoms with Gasteiger partial charge in [0.15, 0.2) is 0 Å². The van der Waals surface area contributed by atoms with E-state index in [9.17, 15) is 8.42 Å². The van der Waals surface area contributed by atoms with Crippen molar-refractivity contribution in [3.05, 3.63) is 24.8 Å². The zero-order valence-electron chi connectivity index (χ0n) is 10.7. The second-order valence-corrected chi connectivity index (χ2v) is 6.31. The number of aromatic nitrogens is 4. The molecule has 2 aromatic heterocycles. The van der Waals surface area contributed by atoms with Crippen LogP contribution in [0.4, 0.5) is 5.69 Å². The number of aromatic amines is 1. The number of hydrogen-bond acceptors (Lipinski definition) is 5. The zero-order chi connectivity index (χ0) is 14.0. The van der Waals surface area contributed by atoms with Crippen LogP contribution in [-0.4, -0.2) is 41.1 Å². The van der Waals surface area contributed by atoms with Gasteiger partial charge in [0.1, 0.15) is 4.90 Å². The molecule has 0 aliphatic carbocycles. The van der Waals surface area contributed by atoms with Gasteiger partial charge in [-0.15, -0.1) is 0 Å². The predicted octanol–water partition coefficient (Wildman–Crippen LogP) is 0.586. The van der Waals surface area contributed by atoms with Crippen LogP contribution in [0.25, 0.3) is 0 Å². The second-order valence-electron chi connectivity index (χ2n) is 4.63. The Balaban J connectivity index is 1.68. The maximum absolute atomic E-state index is 12.0. The van der Waals surface area contributed by atoms with E-state index in [4.69, 9.17) is 4.74 Å². The van der Waals surface area contributed by atoms with Gasteiger partial charge in [0.25, 0.3) is 10.0 Å². The molecule has 2 N–H and O–H groups in total. The maximum atomic E-state index is 12.0. The highest BCUT2D eigenvalue weighted by Gasteiger charge is 2.18. The number of sulfonamides is 1. The van der Waals surface area contributed by atoms with E-state index in [0.29, 0.717) is 12.2 Å². The smallest absolute Gasteiger partial charge is 0.265 e. The molecule has 20 heavy (non-hydrogen) atoms. The molecule has 3 rings (SSSR count). The number of ether oxygens (including phenoxy) is 1. The SMILES string of the molecule is O=S(=O)(Nc1cnn(CC2CCCO2)c1)c1cn[nH]c1. The number of anilines is 1. The number of nitrogens with one attached hydrogen (secondary N) is 2. The van der Waals surface area contributed by atoms with E-state index in [1.54, 1.807) is 10.9 Å². The van der Waals surface area contributed by atoms with Crippen molar-refractivity contribution in [1.82, 2.24) is 20.0 Å². The monoisotopic (exact) mass is 297 g/mol. The van der Waals surface area contributed by atoms with Crippen molar-refractivity contribution >= 4 is 15.7 Å². The Bertz CT molecular complexity index is 658. The van der Waals surface area contributed by atoms with Crippen LogP contribution in [0.1, 0.15) is 12.8 Å². The van der Waals surface area contributed by atoms with Gasteiger partial charge in [-0.2, -0.15) is 10.2 Å². The molecular formula is C11H15N5O3S. The Morgan fingerprint density at radius 3 is 3.10 bits per heavy atom. The van der Waals surface area contributed by atoms with Crippen molar-refractivity contribution in [2.24, 2.45) is 0 Å². The van der Waals surface area contributed by atoms with E-state index in [-0.39, 0.29) is 11.0 Å². The molecule has 8 nitrogen and oxygen atoms in total. The van der Waals surface area contributed by atoms with E-state index in [0.717, 1.165) is 19.4 Å². The molecule has 9 heteroatoms. The zero-order valence-corrected chi connectivity index (χ0v) is 11.5. The molecule has 0 bridgehead atoms. The summed E-state index contributed by atoms with van der Waals surface area (Å²) in [7, 11) is -3.61. The van der Waals surface area contributed by atoms with Gasteiger partial charge in [0, 0.05) is 19.0 Å². The lowest BCUT2D eigenvalue weighted by molar-refractivity contribution is 0.0940. The van der Waals surface area contributed by atoms with Crippen LogP contribution in [0.2, 0.25) is 0 Å². The predicted molar refractivity (Wildman–Crippen MR) is 70.6 cm³/mol. The number of hydrogen-bond donors (Lipinski definition) is 2. The average Bonchev–Trinajstić information content (AvgIpc) is 3.10. The highest BCUT2D eigenvalue weighted by Crippen LogP contribution is 2.17. The summed E-state index contributed by atoms with van der Waals surface area (Å²) in [6.45, 7) is 1.42. The quantitative estimate of drug-likeness (QED) is 0.840. The van der Waals surface area contributed by atoms with Crippen molar-refractivity contribution < 1.29 is 13.2 Å². The van der Waals surface area contributed by atoms with Crippen molar-refractivity contribution in [1.29, 1.82) is 0 Å². The van der Waals surface area contributed by atoms with Crippen LogP contribution in [0.15, 0.2) is 29.7 Å². The molecule has 0 aromatic carbocycles. The normalized spacial score (nSPS) is 19.3. The molecule has 0 amide bonds. The highest BCUT2D eigenvalue weighted by atomic mass is 32.2. The molecule has 2 aromatic rings. The van der Waals surface area contributed by atoms with Gasteiger partial charge in [-0.25, -0.2) is 8.42 Å². The summed E-state index contributed by atoms with van der Waals surface area (Å²) in [4.78, 5) is 0.0874. The van der Waals surface area contributed by atoms with E-state index in [2.05, 4.69) is 20.0 Å². The van der Waals surface area contributed by atoms with E-state index < -0.39 is 10.0 Å². The number of nitrogens with zero attached hydrogens (tertiary/aromatic N) is 3. The van der Waals surface area contributed by atoms with Crippen LogP contribution >= 0.6 is 0 Å². The average molecular weight is 297 g/mol. The molecule has 108 valence electrons. The van der Waals surface area contributed by atoms with Crippen molar-refractivity contribution in [2.45, 2.75) is 30.4 Å². The summed E-state index contributed by atoms with van der Waals surface area (Å²) in [5.74, 6) is 0. The Kier molecular flexibility index (Phi) is 3.45. The highest BCUT2D eigenvalue weighted by molar-refractivity contribution is 7.92. The van der Waals surface area contributed by atoms with Crippen molar-refractivity contribution in [3.8, 4) is 0 Å². The van der Waals surface area contributed by atoms with Gasteiger partial charge in [-0.3, -0.25) is 14.5 Å². The first-order valence-corrected chi connectivity index (χ1v) is 7.77. The Morgan fingerprint density at radius 1 is 1.50 bits per heavy atom. The fraction of sp³-hybridized carbons (Fsp3) is 0.455. The first kappa shape index (κ1) is 13.1. The third kappa shape index (κ3) is 2.83. The summed E-state index contributed by atoms with van der Waals surface area (Å²) in [6, 6.07) is 0. The fourth-order valence-corrected chi connectivity index (χ4v) is 3.05. The summed E-state index contributed by atoms with van der Waals surface area (Å²) in [6.07, 6.45) is 7.93. The van der Waals surface area contributed by atoms with Gasteiger partial charge in [0.05, 0.1) is 30.7 Å². The summed E-state index contributed by atoms with van der Waals surface area (Å²) in [5, 5.41) is 10.2. The minimum atomic E-state index is -3.61. The topological polar surface area (TPSA) is 102 Å². The van der Waals surface area contributed by atoms with Crippen LogP contribution in [-0.2, 0) is 21.3 Å². The van der Waals surface area contributed by atoms with Crippen molar-refractivity contribution in [2.75, 3.05) is 11.3 Å². The molecule has 1 atom stereocenters. The number of H-pyrrole nitrogens is 1. The third-order valence-corrected chi connectivity index (χ3v) is 4.43. The molecule has 0 radical (unpaired) electrons. The van der Waals surface area contributed by atoms with Gasteiger partial charge in [-0.1, -0.05) is 0 Å². The summed E-state index contributed by atoms with van der Waals surface area (Å²) in [5.41, 5.74) is 0.421. The molecular weight excluding hydrogens is 282 g/mol. The molecule has 3 heterocycles. The molecule has 1 aliphatic rings. The number of rotatable bonds is 5. The maximum Gasteiger partial charge on any atom is 0.265 e. The van der Waals surface area contributed by atoms with E-state index in [1.807, 2.05) is 0 Å². The molecule has 0 saturated carbocycles. The lowest BCUT2D eigenvalue weighted by atomic mass is 10.2. The lowest BCUT2D eigenvalue weighted by Gasteiger charge is -2.08. The molecule has 1 unspecified atom stereocenters. The molecule has 1 fully saturated rings. The van der Waals surface area contributed by atoms with E-state index in [1.165, 1.54) is 18.6 Å². The van der Waals surface area contributed by atoms with Crippen LogP contribution in [0, 0.1) is 0 Å². The first-order chi connectivity index (χ1) is 9.63. The lowest BCUT2D eigenvalue weighted by Crippen LogP contribution is -2.15. The largest absolute Gasteiger partial charge is 0.376 e. The first-order valence-electron chi connectivity index (χ1n) is 6.29. The molecule has 1 saturated heterocycles. The Hall–Kier alpha value is -1.87. The van der Waals surface area contributed by atoms with Gasteiger partial charge in [-0.05, 0) is 12.8 Å². The van der Waals surface area contributed by atoms with Crippen molar-refractivity contribution in [3.63, 3.8) is 0 Å². The minimum absolute atomic E-state index is 0.0874. The minimum Gasteiger partial charge on any atom is -0.376 e. The van der Waals surface area contributed by atoms with Gasteiger partial charge < -0.3 is 4.74 Å². The standard InChI is InChI=1S/C11H15N5O3S/c17-20(18,11-5-12-13-6-11)15-9-4-14-16(7-9)8-10-2-1-3-19-10/h4-7,10,15H,1-3,8H2,(H,12,13). The van der Waals surface area contributed by atoms with Crippen LogP contribution in [0.5, 0.6) is 0 Å². The Morgan fingerprint density at radius 2 is 2.40 bits per heavy atom. The van der Waals surface area contributed by atoms with Gasteiger partial charge in [0.2, 0.25) is 0 Å². The molecule has 0 spiro atoms. The summed E-state index contributed by atoms with van der Waals surface area (Å²) >= 11 is 0. The second kappa shape index (κ2) is 5.25. The fourth-order valence-electron chi connectivity index (χ4n) is 2.11. The molecule has 1 aliphatic heterocycles. The summed E-state index contributed by atoms with van der Waals surface area (Å²) < 4.78 is 33.6. The van der Waals surface area contributed by atoms with Crippen LogP contribution in [0.3, 0.4) is 0 Å². The Labute approximate surface area is 116 Å².